The highest BCUT2D eigenvalue weighted by Crippen LogP contribution is 2.29. The van der Waals surface area contributed by atoms with Crippen molar-refractivity contribution < 1.29 is 14.3 Å². The molecular formula is C19H20Cl2N4O3. The van der Waals surface area contributed by atoms with Gasteiger partial charge in [-0.15, -0.1) is 0 Å². The van der Waals surface area contributed by atoms with Gasteiger partial charge in [0.25, 0.3) is 0 Å². The van der Waals surface area contributed by atoms with E-state index >= 15 is 0 Å². The van der Waals surface area contributed by atoms with E-state index in [9.17, 15) is 9.59 Å². The summed E-state index contributed by atoms with van der Waals surface area (Å²) in [6.07, 6.45) is 2.91. The molecule has 1 aliphatic rings. The maximum absolute atomic E-state index is 12.1. The molecule has 148 valence electrons. The molecular weight excluding hydrogens is 403 g/mol. The van der Waals surface area contributed by atoms with Gasteiger partial charge < -0.3 is 20.3 Å². The molecule has 28 heavy (non-hydrogen) atoms. The van der Waals surface area contributed by atoms with Crippen LogP contribution in [-0.2, 0) is 4.79 Å². The normalized spacial score (nSPS) is 14.7. The molecule has 1 aromatic carbocycles. The summed E-state index contributed by atoms with van der Waals surface area (Å²) in [5.74, 6) is 0.901. The van der Waals surface area contributed by atoms with Crippen molar-refractivity contribution in [1.82, 2.24) is 15.2 Å². The molecule has 1 saturated heterocycles. The second kappa shape index (κ2) is 9.12. The highest BCUT2D eigenvalue weighted by Gasteiger charge is 2.22. The number of urea groups is 1. The molecule has 1 atom stereocenters. The fourth-order valence-electron chi connectivity index (χ4n) is 2.86. The number of carbonyl (C=O) groups is 2. The van der Waals surface area contributed by atoms with Crippen molar-refractivity contribution in [1.29, 1.82) is 0 Å². The first kappa shape index (κ1) is 20.2. The van der Waals surface area contributed by atoms with Crippen molar-refractivity contribution in [3.63, 3.8) is 0 Å². The van der Waals surface area contributed by atoms with E-state index < -0.39 is 0 Å². The number of hydrogen-bond donors (Lipinski definition) is 2. The molecule has 0 saturated carbocycles. The van der Waals surface area contributed by atoms with Crippen molar-refractivity contribution in [3.8, 4) is 11.6 Å². The van der Waals surface area contributed by atoms with Crippen LogP contribution in [0, 0.1) is 0 Å². The number of nitrogens with one attached hydrogen (secondary N) is 2. The van der Waals surface area contributed by atoms with Gasteiger partial charge in [-0.25, -0.2) is 9.78 Å². The van der Waals surface area contributed by atoms with Crippen molar-refractivity contribution >= 4 is 40.8 Å². The number of halogens is 2. The molecule has 2 aromatic rings. The minimum absolute atomic E-state index is 0.139. The number of anilines is 1. The van der Waals surface area contributed by atoms with E-state index in [1.165, 1.54) is 6.20 Å². The Balaban J connectivity index is 1.50. The molecule has 0 aliphatic carbocycles. The van der Waals surface area contributed by atoms with Crippen LogP contribution in [0.2, 0.25) is 10.0 Å². The minimum atomic E-state index is -0.338. The summed E-state index contributed by atoms with van der Waals surface area (Å²) >= 11 is 11.8. The predicted molar refractivity (Wildman–Crippen MR) is 108 cm³/mol. The highest BCUT2D eigenvalue weighted by molar-refractivity contribution is 6.35. The van der Waals surface area contributed by atoms with E-state index in [-0.39, 0.29) is 23.9 Å². The third kappa shape index (κ3) is 5.50. The third-order valence-electron chi connectivity index (χ3n) is 4.14. The molecule has 0 radical (unpaired) electrons. The number of pyridine rings is 1. The van der Waals surface area contributed by atoms with Crippen molar-refractivity contribution in [3.05, 3.63) is 46.6 Å². The molecule has 2 N–H and O–H groups in total. The lowest BCUT2D eigenvalue weighted by Gasteiger charge is -2.21. The summed E-state index contributed by atoms with van der Waals surface area (Å²) in [4.78, 5) is 29.6. The average Bonchev–Trinajstić information content (AvgIpc) is 3.03. The molecule has 1 aromatic heterocycles. The maximum atomic E-state index is 12.1. The van der Waals surface area contributed by atoms with Crippen LogP contribution >= 0.6 is 23.2 Å². The zero-order valence-electron chi connectivity index (χ0n) is 15.2. The van der Waals surface area contributed by atoms with Crippen molar-refractivity contribution in [2.24, 2.45) is 0 Å². The summed E-state index contributed by atoms with van der Waals surface area (Å²) in [7, 11) is 0. The molecule has 1 fully saturated rings. The number of likely N-dealkylation sites (tertiary alicyclic amines) is 1. The number of ether oxygens (including phenoxy) is 1. The lowest BCUT2D eigenvalue weighted by atomic mass is 10.3. The fraction of sp³-hybridized carbons (Fsp3) is 0.316. The number of carbonyl (C=O) groups excluding carboxylic acids is 2. The third-order valence-corrected chi connectivity index (χ3v) is 4.62. The van der Waals surface area contributed by atoms with E-state index in [4.69, 9.17) is 27.9 Å². The second-order valence-corrected chi connectivity index (χ2v) is 7.35. The smallest absolute Gasteiger partial charge is 0.319 e. The average molecular weight is 423 g/mol. The van der Waals surface area contributed by atoms with E-state index in [0.717, 1.165) is 13.0 Å². The van der Waals surface area contributed by atoms with Gasteiger partial charge in [-0.3, -0.25) is 4.79 Å². The van der Waals surface area contributed by atoms with Crippen LogP contribution in [0.1, 0.15) is 19.8 Å². The van der Waals surface area contributed by atoms with Gasteiger partial charge >= 0.3 is 6.03 Å². The fourth-order valence-corrected chi connectivity index (χ4v) is 3.28. The predicted octanol–water partition coefficient (Wildman–Crippen LogP) is 4.31. The molecule has 7 nitrogen and oxygen atoms in total. The quantitative estimate of drug-likeness (QED) is 0.725. The first-order valence-electron chi connectivity index (χ1n) is 8.85. The standard InChI is InChI=1S/C19H20Cl2N4O3/c1-12(11-25-8-2-3-17(25)26)23-19(27)24-14-4-6-15(7-5-14)28-18-16(21)9-13(20)10-22-18/h4-7,9-10,12H,2-3,8,11H2,1H3,(H2,23,24,27)/t12-/m1/s1. The topological polar surface area (TPSA) is 83.6 Å². The first-order chi connectivity index (χ1) is 13.4. The Labute approximate surface area is 173 Å². The van der Waals surface area contributed by atoms with Gasteiger partial charge in [-0.2, -0.15) is 0 Å². The largest absolute Gasteiger partial charge is 0.438 e. The summed E-state index contributed by atoms with van der Waals surface area (Å²) in [6.45, 7) is 3.12. The van der Waals surface area contributed by atoms with Crippen LogP contribution in [0.5, 0.6) is 11.6 Å². The Bertz CT molecular complexity index is 861. The first-order valence-corrected chi connectivity index (χ1v) is 9.60. The van der Waals surface area contributed by atoms with Gasteiger partial charge in [0.15, 0.2) is 0 Å². The Morgan fingerprint density at radius 2 is 2.07 bits per heavy atom. The van der Waals surface area contributed by atoms with E-state index in [1.54, 1.807) is 35.2 Å². The molecule has 9 heteroatoms. The second-order valence-electron chi connectivity index (χ2n) is 6.51. The van der Waals surface area contributed by atoms with Gasteiger partial charge in [0.05, 0.1) is 5.02 Å². The van der Waals surface area contributed by atoms with E-state index in [0.29, 0.717) is 34.4 Å². The summed E-state index contributed by atoms with van der Waals surface area (Å²) in [6, 6.07) is 7.84. The van der Waals surface area contributed by atoms with Crippen molar-refractivity contribution in [2.75, 3.05) is 18.4 Å². The zero-order valence-corrected chi connectivity index (χ0v) is 16.8. The highest BCUT2D eigenvalue weighted by atomic mass is 35.5. The minimum Gasteiger partial charge on any atom is -0.438 e. The van der Waals surface area contributed by atoms with Crippen LogP contribution in [-0.4, -0.2) is 41.0 Å². The zero-order chi connectivity index (χ0) is 20.1. The Hall–Kier alpha value is -2.51. The van der Waals surface area contributed by atoms with Gasteiger partial charge in [-0.1, -0.05) is 23.2 Å². The van der Waals surface area contributed by atoms with E-state index in [1.807, 2.05) is 6.92 Å². The molecule has 0 unspecified atom stereocenters. The van der Waals surface area contributed by atoms with Gasteiger partial charge in [0, 0.05) is 37.4 Å². The lowest BCUT2D eigenvalue weighted by Crippen LogP contribution is -2.44. The monoisotopic (exact) mass is 422 g/mol. The lowest BCUT2D eigenvalue weighted by molar-refractivity contribution is -0.127. The van der Waals surface area contributed by atoms with Gasteiger partial charge in [-0.05, 0) is 43.7 Å². The Morgan fingerprint density at radius 3 is 2.71 bits per heavy atom. The molecule has 0 bridgehead atoms. The summed E-state index contributed by atoms with van der Waals surface area (Å²) in [5, 5.41) is 6.31. The Morgan fingerprint density at radius 1 is 1.32 bits per heavy atom. The molecule has 3 rings (SSSR count). The summed E-state index contributed by atoms with van der Waals surface area (Å²) in [5.41, 5.74) is 0.601. The summed E-state index contributed by atoms with van der Waals surface area (Å²) < 4.78 is 5.61. The number of aromatic nitrogens is 1. The van der Waals surface area contributed by atoms with Crippen LogP contribution in [0.4, 0.5) is 10.5 Å². The van der Waals surface area contributed by atoms with Crippen LogP contribution in [0.3, 0.4) is 0 Å². The maximum Gasteiger partial charge on any atom is 0.319 e. The van der Waals surface area contributed by atoms with Crippen LogP contribution < -0.4 is 15.4 Å². The van der Waals surface area contributed by atoms with Gasteiger partial charge in [0.2, 0.25) is 11.8 Å². The molecule has 0 spiro atoms. The van der Waals surface area contributed by atoms with Gasteiger partial charge in [0.1, 0.15) is 10.8 Å². The SMILES string of the molecule is C[C@H](CN1CCCC1=O)NC(=O)Nc1ccc(Oc2ncc(Cl)cc2Cl)cc1. The molecule has 2 heterocycles. The number of rotatable bonds is 6. The van der Waals surface area contributed by atoms with Crippen LogP contribution in [0.25, 0.3) is 0 Å². The number of nitrogens with zero attached hydrogens (tertiary/aromatic N) is 2. The Kier molecular flexibility index (Phi) is 6.59. The number of benzene rings is 1. The molecule has 1 aliphatic heterocycles. The number of hydrogen-bond acceptors (Lipinski definition) is 4. The van der Waals surface area contributed by atoms with Crippen molar-refractivity contribution in [2.45, 2.75) is 25.8 Å². The molecule has 3 amide bonds. The van der Waals surface area contributed by atoms with E-state index in [2.05, 4.69) is 15.6 Å². The van der Waals surface area contributed by atoms with Crippen LogP contribution in [0.15, 0.2) is 36.5 Å². The number of amides is 3.